The third-order valence-corrected chi connectivity index (χ3v) is 3.66. The Morgan fingerprint density at radius 2 is 1.68 bits per heavy atom. The number of aliphatic hydroxyl groups is 1. The first-order valence-electron chi connectivity index (χ1n) is 6.22. The Kier molecular flexibility index (Phi) is 4.27. The van der Waals surface area contributed by atoms with Crippen molar-refractivity contribution < 1.29 is 5.11 Å². The van der Waals surface area contributed by atoms with Crippen molar-refractivity contribution in [2.24, 2.45) is 0 Å². The molecule has 0 aliphatic carbocycles. The van der Waals surface area contributed by atoms with Gasteiger partial charge in [0.2, 0.25) is 0 Å². The van der Waals surface area contributed by atoms with Crippen LogP contribution in [0.3, 0.4) is 0 Å². The summed E-state index contributed by atoms with van der Waals surface area (Å²) in [5.41, 5.74) is 5.55. The first kappa shape index (κ1) is 14.1. The molecule has 0 unspecified atom stereocenters. The molecule has 2 aromatic carbocycles. The molecule has 3 heteroatoms. The highest BCUT2D eigenvalue weighted by Crippen LogP contribution is 2.30. The van der Waals surface area contributed by atoms with Crippen molar-refractivity contribution in [2.45, 2.75) is 20.5 Å². The lowest BCUT2D eigenvalue weighted by molar-refractivity contribution is 0.282. The number of hydrogen-bond donors (Lipinski definition) is 1. The van der Waals surface area contributed by atoms with E-state index in [-0.39, 0.29) is 6.61 Å². The molecule has 0 aliphatic rings. The van der Waals surface area contributed by atoms with E-state index in [4.69, 9.17) is 0 Å². The molecule has 0 atom stereocenters. The molecular weight excluding hydrogens is 302 g/mol. The van der Waals surface area contributed by atoms with Crippen LogP contribution in [0.15, 0.2) is 40.9 Å². The molecule has 0 saturated heterocycles. The van der Waals surface area contributed by atoms with Crippen LogP contribution in [-0.2, 0) is 6.61 Å². The Balaban J connectivity index is 2.46. The van der Waals surface area contributed by atoms with E-state index in [0.29, 0.717) is 0 Å². The lowest BCUT2D eigenvalue weighted by atomic mass is 10.1. The Bertz CT molecular complexity index is 575. The van der Waals surface area contributed by atoms with Crippen molar-refractivity contribution in [3.05, 3.63) is 57.6 Å². The van der Waals surface area contributed by atoms with E-state index in [1.54, 1.807) is 0 Å². The molecule has 0 aliphatic heterocycles. The van der Waals surface area contributed by atoms with Crippen molar-refractivity contribution >= 4 is 27.3 Å². The van der Waals surface area contributed by atoms with E-state index in [1.165, 1.54) is 11.1 Å². The van der Waals surface area contributed by atoms with Gasteiger partial charge in [-0.05, 0) is 55.3 Å². The van der Waals surface area contributed by atoms with Crippen molar-refractivity contribution in [2.75, 3.05) is 11.9 Å². The molecule has 0 spiro atoms. The fourth-order valence-corrected chi connectivity index (χ4v) is 2.70. The van der Waals surface area contributed by atoms with E-state index < -0.39 is 0 Å². The second-order valence-electron chi connectivity index (χ2n) is 4.84. The predicted molar refractivity (Wildman–Crippen MR) is 84.0 cm³/mol. The van der Waals surface area contributed by atoms with Gasteiger partial charge in [0.1, 0.15) is 0 Å². The predicted octanol–water partition coefficient (Wildman–Crippen LogP) is 4.33. The Morgan fingerprint density at radius 3 is 2.26 bits per heavy atom. The molecule has 0 amide bonds. The molecule has 2 nitrogen and oxygen atoms in total. The molecule has 100 valence electrons. The van der Waals surface area contributed by atoms with Crippen LogP contribution in [0.2, 0.25) is 0 Å². The number of rotatable bonds is 3. The maximum atomic E-state index is 9.50. The number of hydrogen-bond acceptors (Lipinski definition) is 2. The Hall–Kier alpha value is -1.32. The van der Waals surface area contributed by atoms with Crippen LogP contribution in [0.1, 0.15) is 16.7 Å². The normalized spacial score (nSPS) is 10.6. The van der Waals surface area contributed by atoms with Crippen LogP contribution in [0, 0.1) is 13.8 Å². The zero-order valence-electron chi connectivity index (χ0n) is 11.4. The molecule has 0 fully saturated rings. The summed E-state index contributed by atoms with van der Waals surface area (Å²) >= 11 is 3.44. The molecule has 1 N–H and O–H groups in total. The van der Waals surface area contributed by atoms with E-state index in [2.05, 4.69) is 52.9 Å². The minimum absolute atomic E-state index is 0.0317. The fraction of sp³-hybridized carbons (Fsp3) is 0.250. The standard InChI is InChI=1S/C16H18BrNO/c1-11-6-12(2)8-15(7-11)18(3)16-5-4-14(17)9-13(16)10-19/h4-9,19H,10H2,1-3H3. The van der Waals surface area contributed by atoms with E-state index in [0.717, 1.165) is 21.4 Å². The van der Waals surface area contributed by atoms with Gasteiger partial charge < -0.3 is 10.0 Å². The van der Waals surface area contributed by atoms with Gasteiger partial charge >= 0.3 is 0 Å². The summed E-state index contributed by atoms with van der Waals surface area (Å²) in [4.78, 5) is 2.11. The van der Waals surface area contributed by atoms with E-state index in [9.17, 15) is 5.11 Å². The SMILES string of the molecule is Cc1cc(C)cc(N(C)c2ccc(Br)cc2CO)c1. The molecular formula is C16H18BrNO. The average Bonchev–Trinajstić information content (AvgIpc) is 2.36. The highest BCUT2D eigenvalue weighted by molar-refractivity contribution is 9.10. The minimum Gasteiger partial charge on any atom is -0.392 e. The van der Waals surface area contributed by atoms with Gasteiger partial charge in [0.15, 0.2) is 0 Å². The number of benzene rings is 2. The zero-order valence-corrected chi connectivity index (χ0v) is 13.0. The monoisotopic (exact) mass is 319 g/mol. The topological polar surface area (TPSA) is 23.5 Å². The molecule has 0 aromatic heterocycles. The number of aliphatic hydroxyl groups excluding tert-OH is 1. The summed E-state index contributed by atoms with van der Waals surface area (Å²) in [5, 5.41) is 9.50. The number of halogens is 1. The molecule has 2 aromatic rings. The summed E-state index contributed by atoms with van der Waals surface area (Å²) in [6.45, 7) is 4.22. The molecule has 0 radical (unpaired) electrons. The van der Waals surface area contributed by atoms with Gasteiger partial charge in [-0.15, -0.1) is 0 Å². The molecule has 19 heavy (non-hydrogen) atoms. The Morgan fingerprint density at radius 1 is 1.05 bits per heavy atom. The zero-order chi connectivity index (χ0) is 14.0. The maximum absolute atomic E-state index is 9.50. The van der Waals surface area contributed by atoms with Crippen molar-refractivity contribution in [3.8, 4) is 0 Å². The molecule has 0 heterocycles. The summed E-state index contributed by atoms with van der Waals surface area (Å²) in [6.07, 6.45) is 0. The van der Waals surface area contributed by atoms with Gasteiger partial charge in [0.05, 0.1) is 6.61 Å². The molecule has 0 bridgehead atoms. The fourth-order valence-electron chi connectivity index (χ4n) is 2.29. The van der Waals surface area contributed by atoms with Gasteiger partial charge in [-0.25, -0.2) is 0 Å². The Labute approximate surface area is 122 Å². The van der Waals surface area contributed by atoms with Crippen LogP contribution in [0.5, 0.6) is 0 Å². The number of anilines is 2. The first-order chi connectivity index (χ1) is 9.01. The molecule has 0 saturated carbocycles. The quantitative estimate of drug-likeness (QED) is 0.910. The lowest BCUT2D eigenvalue weighted by Crippen LogP contribution is -2.12. The van der Waals surface area contributed by atoms with Gasteiger partial charge in [-0.3, -0.25) is 0 Å². The second kappa shape index (κ2) is 5.76. The van der Waals surface area contributed by atoms with Crippen LogP contribution in [0.4, 0.5) is 11.4 Å². The van der Waals surface area contributed by atoms with Crippen molar-refractivity contribution in [1.82, 2.24) is 0 Å². The smallest absolute Gasteiger partial charge is 0.0702 e. The van der Waals surface area contributed by atoms with Crippen LogP contribution >= 0.6 is 15.9 Å². The highest BCUT2D eigenvalue weighted by Gasteiger charge is 2.10. The summed E-state index contributed by atoms with van der Waals surface area (Å²) in [6, 6.07) is 12.4. The third kappa shape index (κ3) is 3.17. The van der Waals surface area contributed by atoms with Crippen LogP contribution in [0.25, 0.3) is 0 Å². The maximum Gasteiger partial charge on any atom is 0.0702 e. The van der Waals surface area contributed by atoms with Gasteiger partial charge in [0, 0.05) is 28.5 Å². The van der Waals surface area contributed by atoms with Crippen LogP contribution < -0.4 is 4.90 Å². The third-order valence-electron chi connectivity index (χ3n) is 3.17. The van der Waals surface area contributed by atoms with Crippen LogP contribution in [-0.4, -0.2) is 12.2 Å². The molecule has 2 rings (SSSR count). The lowest BCUT2D eigenvalue weighted by Gasteiger charge is -2.23. The highest BCUT2D eigenvalue weighted by atomic mass is 79.9. The van der Waals surface area contributed by atoms with Gasteiger partial charge in [-0.2, -0.15) is 0 Å². The largest absolute Gasteiger partial charge is 0.392 e. The van der Waals surface area contributed by atoms with Crippen molar-refractivity contribution in [3.63, 3.8) is 0 Å². The minimum atomic E-state index is 0.0317. The number of aryl methyl sites for hydroxylation is 2. The van der Waals surface area contributed by atoms with E-state index >= 15 is 0 Å². The second-order valence-corrected chi connectivity index (χ2v) is 5.75. The van der Waals surface area contributed by atoms with Crippen molar-refractivity contribution in [1.29, 1.82) is 0 Å². The summed E-state index contributed by atoms with van der Waals surface area (Å²) in [7, 11) is 2.02. The van der Waals surface area contributed by atoms with E-state index in [1.807, 2.05) is 25.2 Å². The van der Waals surface area contributed by atoms with Gasteiger partial charge in [-0.1, -0.05) is 22.0 Å². The number of nitrogens with zero attached hydrogens (tertiary/aromatic N) is 1. The first-order valence-corrected chi connectivity index (χ1v) is 7.02. The summed E-state index contributed by atoms with van der Waals surface area (Å²) < 4.78 is 0.981. The average molecular weight is 320 g/mol. The van der Waals surface area contributed by atoms with Gasteiger partial charge in [0.25, 0.3) is 0 Å². The summed E-state index contributed by atoms with van der Waals surface area (Å²) in [5.74, 6) is 0.